The minimum absolute atomic E-state index is 0.106. The normalized spacial score (nSPS) is 20.1. The van der Waals surface area contributed by atoms with Crippen molar-refractivity contribution in [2.45, 2.75) is 58.2 Å². The predicted molar refractivity (Wildman–Crippen MR) is 77.3 cm³/mol. The summed E-state index contributed by atoms with van der Waals surface area (Å²) in [5, 5.41) is 1.89. The van der Waals surface area contributed by atoms with Gasteiger partial charge in [-0.15, -0.1) is 0 Å². The largest absolute Gasteiger partial charge is 0.264 e. The molecule has 20 heavy (non-hydrogen) atoms. The van der Waals surface area contributed by atoms with Gasteiger partial charge in [0.1, 0.15) is 0 Å². The van der Waals surface area contributed by atoms with E-state index in [0.717, 1.165) is 19.4 Å². The second kappa shape index (κ2) is 9.08. The Morgan fingerprint density at radius 2 is 1.90 bits per heavy atom. The number of nitrogens with zero attached hydrogens (tertiary/aromatic N) is 1. The number of unbranched alkanes of at least 4 members (excludes halogenated alkanes) is 4. The monoisotopic (exact) mass is 279 g/mol. The molecule has 2 rings (SSSR count). The SMILES string of the molecule is CCCCCCCC1OOCON1Cc1ccccc1. The highest BCUT2D eigenvalue weighted by atomic mass is 17.3. The van der Waals surface area contributed by atoms with E-state index in [2.05, 4.69) is 19.1 Å². The Labute approximate surface area is 121 Å². The minimum atomic E-state index is -0.106. The molecule has 1 unspecified atom stereocenters. The van der Waals surface area contributed by atoms with Crippen molar-refractivity contribution in [2.75, 3.05) is 6.79 Å². The molecule has 1 aliphatic rings. The average molecular weight is 279 g/mol. The highest BCUT2D eigenvalue weighted by Gasteiger charge is 2.25. The molecule has 0 saturated carbocycles. The first-order chi connectivity index (χ1) is 9.90. The summed E-state index contributed by atoms with van der Waals surface area (Å²) in [6.07, 6.45) is 7.10. The summed E-state index contributed by atoms with van der Waals surface area (Å²) < 4.78 is 0. The zero-order valence-electron chi connectivity index (χ0n) is 12.3. The van der Waals surface area contributed by atoms with Crippen molar-refractivity contribution in [1.82, 2.24) is 5.06 Å². The minimum Gasteiger partial charge on any atom is -0.264 e. The molecule has 0 spiro atoms. The van der Waals surface area contributed by atoms with E-state index >= 15 is 0 Å². The highest BCUT2D eigenvalue weighted by molar-refractivity contribution is 5.14. The first kappa shape index (κ1) is 15.4. The van der Waals surface area contributed by atoms with Crippen LogP contribution < -0.4 is 0 Å². The molecule has 0 amide bonds. The molecule has 4 nitrogen and oxygen atoms in total. The van der Waals surface area contributed by atoms with Gasteiger partial charge in [0.15, 0.2) is 6.23 Å². The Hall–Kier alpha value is -0.940. The smallest absolute Gasteiger partial charge is 0.201 e. The van der Waals surface area contributed by atoms with E-state index in [1.54, 1.807) is 0 Å². The van der Waals surface area contributed by atoms with Gasteiger partial charge in [0.05, 0.1) is 6.54 Å². The van der Waals surface area contributed by atoms with Crippen LogP contribution in [0.1, 0.15) is 51.0 Å². The van der Waals surface area contributed by atoms with E-state index in [4.69, 9.17) is 14.6 Å². The van der Waals surface area contributed by atoms with E-state index in [1.165, 1.54) is 31.2 Å². The van der Waals surface area contributed by atoms with Gasteiger partial charge in [0.2, 0.25) is 6.79 Å². The summed E-state index contributed by atoms with van der Waals surface area (Å²) in [6.45, 7) is 3.12. The lowest BCUT2D eigenvalue weighted by Crippen LogP contribution is -2.41. The fourth-order valence-corrected chi connectivity index (χ4v) is 2.35. The summed E-state index contributed by atoms with van der Waals surface area (Å²) in [5.74, 6) is 0. The van der Waals surface area contributed by atoms with E-state index in [1.807, 2.05) is 23.3 Å². The molecule has 0 bridgehead atoms. The maximum Gasteiger partial charge on any atom is 0.201 e. The van der Waals surface area contributed by atoms with Crippen molar-refractivity contribution < 1.29 is 14.6 Å². The molecule has 112 valence electrons. The third-order valence-corrected chi connectivity index (χ3v) is 3.50. The summed E-state index contributed by atoms with van der Waals surface area (Å²) in [5.41, 5.74) is 1.22. The summed E-state index contributed by atoms with van der Waals surface area (Å²) in [4.78, 5) is 15.9. The van der Waals surface area contributed by atoms with Crippen molar-refractivity contribution in [3.8, 4) is 0 Å². The number of benzene rings is 1. The van der Waals surface area contributed by atoms with Crippen LogP contribution >= 0.6 is 0 Å². The van der Waals surface area contributed by atoms with Gasteiger partial charge in [-0.3, -0.25) is 4.84 Å². The van der Waals surface area contributed by atoms with Crippen LogP contribution in [0, 0.1) is 0 Å². The third-order valence-electron chi connectivity index (χ3n) is 3.50. The van der Waals surface area contributed by atoms with Crippen LogP contribution in [0.5, 0.6) is 0 Å². The van der Waals surface area contributed by atoms with Gasteiger partial charge >= 0.3 is 0 Å². The molecule has 0 aromatic heterocycles. The lowest BCUT2D eigenvalue weighted by Gasteiger charge is -2.33. The molecule has 0 radical (unpaired) electrons. The molecular formula is C16H25NO3. The van der Waals surface area contributed by atoms with Gasteiger partial charge in [-0.05, 0) is 18.4 Å². The third kappa shape index (κ3) is 5.21. The van der Waals surface area contributed by atoms with Crippen LogP contribution in [-0.4, -0.2) is 18.1 Å². The molecule has 1 aromatic rings. The Balaban J connectivity index is 1.76. The fourth-order valence-electron chi connectivity index (χ4n) is 2.35. The first-order valence-corrected chi connectivity index (χ1v) is 7.62. The van der Waals surface area contributed by atoms with Crippen LogP contribution in [0.2, 0.25) is 0 Å². The summed E-state index contributed by atoms with van der Waals surface area (Å²) >= 11 is 0. The van der Waals surface area contributed by atoms with Crippen molar-refractivity contribution in [2.24, 2.45) is 0 Å². The number of hydrogen-bond donors (Lipinski definition) is 0. The van der Waals surface area contributed by atoms with Gasteiger partial charge in [0, 0.05) is 0 Å². The highest BCUT2D eigenvalue weighted by Crippen LogP contribution is 2.19. The second-order valence-corrected chi connectivity index (χ2v) is 5.18. The van der Waals surface area contributed by atoms with Gasteiger partial charge in [-0.25, -0.2) is 9.78 Å². The maximum absolute atomic E-state index is 5.56. The predicted octanol–water partition coefficient (Wildman–Crippen LogP) is 4.03. The Kier molecular flexibility index (Phi) is 7.01. The average Bonchev–Trinajstić information content (AvgIpc) is 2.50. The molecule has 1 aromatic carbocycles. The Bertz CT molecular complexity index is 358. The van der Waals surface area contributed by atoms with E-state index in [0.29, 0.717) is 0 Å². The van der Waals surface area contributed by atoms with Gasteiger partial charge in [-0.1, -0.05) is 62.9 Å². The van der Waals surface area contributed by atoms with E-state index in [-0.39, 0.29) is 13.0 Å². The standard InChI is InChI=1S/C16H25NO3/c1-2-3-4-5-9-12-16-17(18-14-19-20-16)13-15-10-7-6-8-11-15/h6-8,10-11,16H,2-5,9,12-14H2,1H3. The number of rotatable bonds is 8. The number of hydrogen-bond acceptors (Lipinski definition) is 4. The molecule has 1 saturated heterocycles. The molecule has 1 heterocycles. The summed E-state index contributed by atoms with van der Waals surface area (Å²) in [6, 6.07) is 10.3. The van der Waals surface area contributed by atoms with Crippen LogP contribution in [0.4, 0.5) is 0 Å². The van der Waals surface area contributed by atoms with Gasteiger partial charge in [0.25, 0.3) is 0 Å². The molecule has 1 atom stereocenters. The first-order valence-electron chi connectivity index (χ1n) is 7.62. The van der Waals surface area contributed by atoms with Crippen LogP contribution in [0.3, 0.4) is 0 Å². The Morgan fingerprint density at radius 1 is 1.10 bits per heavy atom. The lowest BCUT2D eigenvalue weighted by molar-refractivity contribution is -0.494. The van der Waals surface area contributed by atoms with Gasteiger partial charge in [-0.2, -0.15) is 5.06 Å². The zero-order valence-corrected chi connectivity index (χ0v) is 12.3. The topological polar surface area (TPSA) is 30.9 Å². The molecule has 0 N–H and O–H groups in total. The van der Waals surface area contributed by atoms with Crippen LogP contribution in [-0.2, 0) is 21.2 Å². The van der Waals surface area contributed by atoms with Crippen molar-refractivity contribution in [3.05, 3.63) is 35.9 Å². The molecule has 1 aliphatic heterocycles. The van der Waals surface area contributed by atoms with Crippen LogP contribution in [0.25, 0.3) is 0 Å². The number of hydroxylamine groups is 2. The molecule has 0 aliphatic carbocycles. The van der Waals surface area contributed by atoms with Crippen molar-refractivity contribution >= 4 is 0 Å². The second-order valence-electron chi connectivity index (χ2n) is 5.18. The molecule has 1 fully saturated rings. The van der Waals surface area contributed by atoms with E-state index in [9.17, 15) is 0 Å². The van der Waals surface area contributed by atoms with Crippen LogP contribution in [0.15, 0.2) is 30.3 Å². The quantitative estimate of drug-likeness (QED) is 0.531. The maximum atomic E-state index is 5.56. The zero-order chi connectivity index (χ0) is 14.0. The molecule has 4 heteroatoms. The summed E-state index contributed by atoms with van der Waals surface area (Å²) in [7, 11) is 0. The van der Waals surface area contributed by atoms with Crippen molar-refractivity contribution in [3.63, 3.8) is 0 Å². The molecular weight excluding hydrogens is 254 g/mol. The van der Waals surface area contributed by atoms with Crippen molar-refractivity contribution in [1.29, 1.82) is 0 Å². The van der Waals surface area contributed by atoms with E-state index < -0.39 is 0 Å². The Morgan fingerprint density at radius 3 is 2.70 bits per heavy atom. The lowest BCUT2D eigenvalue weighted by atomic mass is 10.1. The van der Waals surface area contributed by atoms with Gasteiger partial charge < -0.3 is 0 Å². The fraction of sp³-hybridized carbons (Fsp3) is 0.625.